The standard InChI is InChI=1S/C19H39/c1-5-9-12-14-18-19(15-8-4,16-11-7-3)17-13-10-6-2/h4-18H2,1-3H3. The van der Waals surface area contributed by atoms with Crippen LogP contribution < -0.4 is 0 Å². The Balaban J connectivity index is 4.32. The molecule has 1 radical (unpaired) electrons. The minimum Gasteiger partial charge on any atom is -0.0654 e. The molecule has 0 aliphatic rings. The Labute approximate surface area is 123 Å². The first kappa shape index (κ1) is 19.0. The van der Waals surface area contributed by atoms with Crippen molar-refractivity contribution in [3.05, 3.63) is 6.92 Å². The van der Waals surface area contributed by atoms with Gasteiger partial charge in [-0.1, -0.05) is 91.9 Å². The summed E-state index contributed by atoms with van der Waals surface area (Å²) >= 11 is 0. The SMILES string of the molecule is [CH2]CCC(CCCC)(CCCCC)CCCCCC. The van der Waals surface area contributed by atoms with Crippen LogP contribution in [0.4, 0.5) is 0 Å². The monoisotopic (exact) mass is 267 g/mol. The van der Waals surface area contributed by atoms with Crippen LogP contribution >= 0.6 is 0 Å². The zero-order valence-corrected chi connectivity index (χ0v) is 14.1. The van der Waals surface area contributed by atoms with Crippen molar-refractivity contribution in [3.63, 3.8) is 0 Å². The molecule has 0 nitrogen and oxygen atoms in total. The van der Waals surface area contributed by atoms with Gasteiger partial charge in [0.05, 0.1) is 0 Å². The van der Waals surface area contributed by atoms with E-state index in [1.54, 1.807) is 0 Å². The van der Waals surface area contributed by atoms with Crippen LogP contribution in [0.3, 0.4) is 0 Å². The van der Waals surface area contributed by atoms with E-state index in [0.29, 0.717) is 5.41 Å². The maximum Gasteiger partial charge on any atom is -0.0297 e. The van der Waals surface area contributed by atoms with Crippen molar-refractivity contribution in [2.75, 3.05) is 0 Å². The van der Waals surface area contributed by atoms with E-state index in [1.807, 2.05) is 0 Å². The summed E-state index contributed by atoms with van der Waals surface area (Å²) in [4.78, 5) is 0. The first-order valence-corrected chi connectivity index (χ1v) is 9.04. The molecule has 0 fully saturated rings. The third kappa shape index (κ3) is 9.52. The van der Waals surface area contributed by atoms with E-state index in [2.05, 4.69) is 27.7 Å². The maximum atomic E-state index is 4.15. The van der Waals surface area contributed by atoms with Gasteiger partial charge >= 0.3 is 0 Å². The minimum absolute atomic E-state index is 0.640. The molecule has 0 heterocycles. The van der Waals surface area contributed by atoms with Crippen molar-refractivity contribution in [3.8, 4) is 0 Å². The molecule has 19 heavy (non-hydrogen) atoms. The molecule has 0 aliphatic heterocycles. The largest absolute Gasteiger partial charge is 0.0654 e. The second-order valence-corrected chi connectivity index (χ2v) is 6.47. The van der Waals surface area contributed by atoms with Crippen molar-refractivity contribution in [1.82, 2.24) is 0 Å². The van der Waals surface area contributed by atoms with Gasteiger partial charge in [0.25, 0.3) is 0 Å². The fraction of sp³-hybridized carbons (Fsp3) is 0.947. The molecule has 1 unspecified atom stereocenters. The highest BCUT2D eigenvalue weighted by Crippen LogP contribution is 2.41. The first-order chi connectivity index (χ1) is 9.24. The summed E-state index contributed by atoms with van der Waals surface area (Å²) in [6, 6.07) is 0. The molecule has 0 aromatic heterocycles. The van der Waals surface area contributed by atoms with Gasteiger partial charge in [0, 0.05) is 0 Å². The summed E-state index contributed by atoms with van der Waals surface area (Å²) in [6.45, 7) is 11.1. The first-order valence-electron chi connectivity index (χ1n) is 9.04. The molecule has 0 spiro atoms. The predicted molar refractivity (Wildman–Crippen MR) is 89.5 cm³/mol. The van der Waals surface area contributed by atoms with Gasteiger partial charge in [-0.05, 0) is 31.1 Å². The molecule has 0 bridgehead atoms. The summed E-state index contributed by atoms with van der Waals surface area (Å²) in [6.07, 6.45) is 19.5. The lowest BCUT2D eigenvalue weighted by Crippen LogP contribution is -2.21. The van der Waals surface area contributed by atoms with E-state index in [-0.39, 0.29) is 0 Å². The molecule has 0 aliphatic carbocycles. The second kappa shape index (κ2) is 13.0. The van der Waals surface area contributed by atoms with Crippen molar-refractivity contribution in [2.24, 2.45) is 5.41 Å². The predicted octanol–water partition coefficient (Wildman–Crippen LogP) is 7.33. The number of hydrogen-bond acceptors (Lipinski definition) is 0. The van der Waals surface area contributed by atoms with E-state index in [9.17, 15) is 0 Å². The summed E-state index contributed by atoms with van der Waals surface area (Å²) in [5.74, 6) is 0. The van der Waals surface area contributed by atoms with Gasteiger partial charge in [-0.3, -0.25) is 0 Å². The highest BCUT2D eigenvalue weighted by Gasteiger charge is 2.27. The van der Waals surface area contributed by atoms with Gasteiger partial charge in [-0.2, -0.15) is 0 Å². The lowest BCUT2D eigenvalue weighted by Gasteiger charge is -2.34. The second-order valence-electron chi connectivity index (χ2n) is 6.47. The molecule has 0 rings (SSSR count). The van der Waals surface area contributed by atoms with Crippen LogP contribution in [0.1, 0.15) is 111 Å². The summed E-state index contributed by atoms with van der Waals surface area (Å²) in [5.41, 5.74) is 0.640. The molecule has 115 valence electrons. The average molecular weight is 268 g/mol. The summed E-state index contributed by atoms with van der Waals surface area (Å²) in [5, 5.41) is 0. The fourth-order valence-electron chi connectivity index (χ4n) is 3.35. The molecule has 0 aromatic rings. The zero-order valence-electron chi connectivity index (χ0n) is 14.1. The molecule has 0 heteroatoms. The number of unbranched alkanes of at least 4 members (excludes halogenated alkanes) is 6. The Hall–Kier alpha value is 0. The topological polar surface area (TPSA) is 0 Å². The quantitative estimate of drug-likeness (QED) is 0.289. The number of rotatable bonds is 14. The van der Waals surface area contributed by atoms with Crippen LogP contribution in [0.15, 0.2) is 0 Å². The molecule has 0 aromatic carbocycles. The zero-order chi connectivity index (χ0) is 14.4. The Kier molecular flexibility index (Phi) is 13.0. The molecule has 0 saturated heterocycles. The van der Waals surface area contributed by atoms with E-state index in [4.69, 9.17) is 0 Å². The number of hydrogen-bond donors (Lipinski definition) is 0. The Morgan fingerprint density at radius 3 is 1.58 bits per heavy atom. The summed E-state index contributed by atoms with van der Waals surface area (Å²) in [7, 11) is 0. The van der Waals surface area contributed by atoms with Gasteiger partial charge in [0.1, 0.15) is 0 Å². The normalized spacial score (nSPS) is 14.5. The molecule has 0 N–H and O–H groups in total. The fourth-order valence-corrected chi connectivity index (χ4v) is 3.35. The van der Waals surface area contributed by atoms with E-state index >= 15 is 0 Å². The average Bonchev–Trinajstić information content (AvgIpc) is 2.42. The lowest BCUT2D eigenvalue weighted by molar-refractivity contribution is 0.181. The molecule has 0 saturated carbocycles. The van der Waals surface area contributed by atoms with Crippen molar-refractivity contribution in [1.29, 1.82) is 0 Å². The van der Waals surface area contributed by atoms with Crippen LogP contribution in [-0.2, 0) is 0 Å². The van der Waals surface area contributed by atoms with Crippen LogP contribution in [0.25, 0.3) is 0 Å². The Morgan fingerprint density at radius 1 is 0.579 bits per heavy atom. The van der Waals surface area contributed by atoms with Crippen LogP contribution in [0, 0.1) is 12.3 Å². The third-order valence-electron chi connectivity index (χ3n) is 4.64. The molecular formula is C19H39. The van der Waals surface area contributed by atoms with Gasteiger partial charge in [-0.25, -0.2) is 0 Å². The Morgan fingerprint density at radius 2 is 1.05 bits per heavy atom. The van der Waals surface area contributed by atoms with Crippen LogP contribution in [-0.4, -0.2) is 0 Å². The van der Waals surface area contributed by atoms with Gasteiger partial charge in [-0.15, -0.1) is 0 Å². The van der Waals surface area contributed by atoms with Crippen molar-refractivity contribution >= 4 is 0 Å². The van der Waals surface area contributed by atoms with Gasteiger partial charge in [0.15, 0.2) is 0 Å². The van der Waals surface area contributed by atoms with Gasteiger partial charge < -0.3 is 0 Å². The highest BCUT2D eigenvalue weighted by atomic mass is 14.3. The smallest absolute Gasteiger partial charge is 0.0297 e. The van der Waals surface area contributed by atoms with Crippen molar-refractivity contribution in [2.45, 2.75) is 111 Å². The lowest BCUT2D eigenvalue weighted by atomic mass is 9.71. The molecule has 0 amide bonds. The van der Waals surface area contributed by atoms with Crippen LogP contribution in [0.2, 0.25) is 0 Å². The van der Waals surface area contributed by atoms with Gasteiger partial charge in [0.2, 0.25) is 0 Å². The van der Waals surface area contributed by atoms with E-state index < -0.39 is 0 Å². The maximum absolute atomic E-state index is 4.15. The molecule has 1 atom stereocenters. The van der Waals surface area contributed by atoms with E-state index in [1.165, 1.54) is 83.5 Å². The molecular weight excluding hydrogens is 228 g/mol. The van der Waals surface area contributed by atoms with E-state index in [0.717, 1.165) is 6.42 Å². The minimum atomic E-state index is 0.640. The third-order valence-corrected chi connectivity index (χ3v) is 4.64. The van der Waals surface area contributed by atoms with Crippen molar-refractivity contribution < 1.29 is 0 Å². The van der Waals surface area contributed by atoms with Crippen LogP contribution in [0.5, 0.6) is 0 Å². The summed E-state index contributed by atoms with van der Waals surface area (Å²) < 4.78 is 0. The highest BCUT2D eigenvalue weighted by molar-refractivity contribution is 4.80. The Bertz CT molecular complexity index is 173.